The summed E-state index contributed by atoms with van der Waals surface area (Å²) in [5, 5.41) is 44.3. The van der Waals surface area contributed by atoms with Gasteiger partial charge >= 0.3 is 0 Å². The molecule has 4 saturated carbocycles. The van der Waals surface area contributed by atoms with Crippen molar-refractivity contribution in [2.24, 2.45) is 52.3 Å². The molecule has 1 spiro atoms. The standard InChI is InChI=1S/C33H55NO7/c1-17-7-12-33(34-15-17)18(2)26-24(41-33)14-23-21-6-5-19-13-20(8-10-31(19,3)22(21)9-11-32(23,26)4)39-30-29(38)28(37)27(36)25(16-35)40-30/h17-30,34-38H,5-16H2,1-4H3/t17-,18-,19-,20-,21+,22-,23-,24-,25+,26-,27+,28-,29+,30?,31-,32-,33-/m0/s1. The number of hydrogen-bond donors (Lipinski definition) is 5. The van der Waals surface area contributed by atoms with Crippen LogP contribution in [-0.2, 0) is 14.2 Å². The number of aliphatic hydroxyl groups is 4. The molecule has 7 aliphatic rings. The number of piperidine rings is 1. The van der Waals surface area contributed by atoms with Crippen molar-refractivity contribution in [1.82, 2.24) is 5.32 Å². The molecule has 1 unspecified atom stereocenters. The average molecular weight is 578 g/mol. The molecule has 234 valence electrons. The number of hydrogen-bond acceptors (Lipinski definition) is 8. The van der Waals surface area contributed by atoms with Gasteiger partial charge in [0.1, 0.15) is 30.1 Å². The lowest BCUT2D eigenvalue weighted by atomic mass is 9.44. The Balaban J connectivity index is 1.03. The average Bonchev–Trinajstić information content (AvgIpc) is 3.40. The quantitative estimate of drug-likeness (QED) is 0.325. The largest absolute Gasteiger partial charge is 0.394 e. The second kappa shape index (κ2) is 10.4. The molecule has 5 N–H and O–H groups in total. The highest BCUT2D eigenvalue weighted by molar-refractivity contribution is 5.16. The van der Waals surface area contributed by atoms with E-state index in [1.807, 2.05) is 0 Å². The van der Waals surface area contributed by atoms with Gasteiger partial charge in [-0.05, 0) is 111 Å². The minimum atomic E-state index is -1.39. The summed E-state index contributed by atoms with van der Waals surface area (Å²) in [5.74, 6) is 4.79. The highest BCUT2D eigenvalue weighted by Crippen LogP contribution is 2.71. The van der Waals surface area contributed by atoms with Gasteiger partial charge < -0.3 is 34.6 Å². The van der Waals surface area contributed by atoms with Crippen LogP contribution in [-0.4, -0.2) is 82.2 Å². The Morgan fingerprint density at radius 3 is 2.37 bits per heavy atom. The smallest absolute Gasteiger partial charge is 0.186 e. The first-order chi connectivity index (χ1) is 19.5. The van der Waals surface area contributed by atoms with Crippen LogP contribution in [0.15, 0.2) is 0 Å². The van der Waals surface area contributed by atoms with Crippen molar-refractivity contribution in [2.75, 3.05) is 13.2 Å². The number of rotatable bonds is 3. The molecule has 8 heteroatoms. The van der Waals surface area contributed by atoms with Crippen molar-refractivity contribution in [2.45, 2.75) is 141 Å². The van der Waals surface area contributed by atoms with Gasteiger partial charge in [0, 0.05) is 12.5 Å². The van der Waals surface area contributed by atoms with Crippen LogP contribution in [0.1, 0.15) is 91.9 Å². The monoisotopic (exact) mass is 577 g/mol. The first-order valence-electron chi connectivity index (χ1n) is 16.9. The predicted molar refractivity (Wildman–Crippen MR) is 152 cm³/mol. The molecular formula is C33H55NO7. The summed E-state index contributed by atoms with van der Waals surface area (Å²) in [6.45, 7) is 10.7. The fourth-order valence-corrected chi connectivity index (χ4v) is 11.9. The van der Waals surface area contributed by atoms with E-state index < -0.39 is 37.3 Å². The predicted octanol–water partition coefficient (Wildman–Crippen LogP) is 3.19. The van der Waals surface area contributed by atoms with Crippen LogP contribution < -0.4 is 5.32 Å². The van der Waals surface area contributed by atoms with Gasteiger partial charge in [-0.2, -0.15) is 0 Å². The summed E-state index contributed by atoms with van der Waals surface area (Å²) in [7, 11) is 0. The van der Waals surface area contributed by atoms with E-state index in [2.05, 4.69) is 33.0 Å². The molecular weight excluding hydrogens is 522 g/mol. The zero-order valence-electron chi connectivity index (χ0n) is 25.6. The zero-order chi connectivity index (χ0) is 28.9. The molecule has 17 atom stereocenters. The Morgan fingerprint density at radius 2 is 1.63 bits per heavy atom. The first-order valence-corrected chi connectivity index (χ1v) is 16.9. The van der Waals surface area contributed by atoms with Gasteiger partial charge in [-0.3, -0.25) is 5.32 Å². The van der Waals surface area contributed by atoms with Crippen LogP contribution in [0.4, 0.5) is 0 Å². The number of aliphatic hydroxyl groups excluding tert-OH is 4. The lowest BCUT2D eigenvalue weighted by molar-refractivity contribution is -0.316. The van der Waals surface area contributed by atoms with Crippen molar-refractivity contribution in [3.63, 3.8) is 0 Å². The highest BCUT2D eigenvalue weighted by atomic mass is 16.7. The van der Waals surface area contributed by atoms with Gasteiger partial charge in [-0.25, -0.2) is 0 Å². The third kappa shape index (κ3) is 4.36. The van der Waals surface area contributed by atoms with Crippen LogP contribution in [0.2, 0.25) is 0 Å². The van der Waals surface area contributed by atoms with Crippen LogP contribution >= 0.6 is 0 Å². The van der Waals surface area contributed by atoms with Crippen LogP contribution in [0.3, 0.4) is 0 Å². The second-order valence-electron chi connectivity index (χ2n) is 16.1. The molecule has 7 fully saturated rings. The molecule has 0 radical (unpaired) electrons. The normalized spacial score (nSPS) is 60.3. The molecule has 8 nitrogen and oxygen atoms in total. The van der Waals surface area contributed by atoms with Gasteiger partial charge in [0.2, 0.25) is 0 Å². The van der Waals surface area contributed by atoms with Crippen molar-refractivity contribution in [1.29, 1.82) is 0 Å². The minimum absolute atomic E-state index is 0.0538. The molecule has 0 bridgehead atoms. The number of fused-ring (bicyclic) bond motifs is 7. The molecule has 41 heavy (non-hydrogen) atoms. The van der Waals surface area contributed by atoms with E-state index in [0.717, 1.165) is 55.9 Å². The van der Waals surface area contributed by atoms with Crippen LogP contribution in [0, 0.1) is 52.3 Å². The fourth-order valence-electron chi connectivity index (χ4n) is 11.9. The first kappa shape index (κ1) is 29.4. The summed E-state index contributed by atoms with van der Waals surface area (Å²) in [4.78, 5) is 0. The molecule has 0 aromatic carbocycles. The van der Waals surface area contributed by atoms with E-state index in [4.69, 9.17) is 14.2 Å². The molecule has 3 saturated heterocycles. The fraction of sp³-hybridized carbons (Fsp3) is 1.00. The topological polar surface area (TPSA) is 121 Å². The SMILES string of the molecule is C[C@H]1CC[C@]2(NC1)O[C@H]1C[C@H]3[C@@H]4CC[C@H]5C[C@@H](OC6O[C@H](CO)[C@@H](O)[C@H](O)[C@H]6O)CC[C@]5(C)[C@H]4CC[C@]3(C)[C@H]1[C@@H]2C. The maximum Gasteiger partial charge on any atom is 0.186 e. The molecule has 3 aliphatic heterocycles. The van der Waals surface area contributed by atoms with Crippen LogP contribution in [0.25, 0.3) is 0 Å². The van der Waals surface area contributed by atoms with Crippen molar-refractivity contribution in [3.8, 4) is 0 Å². The Morgan fingerprint density at radius 1 is 0.854 bits per heavy atom. The van der Waals surface area contributed by atoms with E-state index in [1.165, 1.54) is 38.5 Å². The summed E-state index contributed by atoms with van der Waals surface area (Å²) < 4.78 is 19.0. The van der Waals surface area contributed by atoms with E-state index in [-0.39, 0.29) is 11.8 Å². The molecule has 0 aromatic rings. The Labute approximate surface area is 245 Å². The van der Waals surface area contributed by atoms with Gasteiger partial charge in [0.15, 0.2) is 6.29 Å². The maximum atomic E-state index is 10.5. The Bertz CT molecular complexity index is 971. The third-order valence-corrected chi connectivity index (χ3v) is 14.3. The van der Waals surface area contributed by atoms with E-state index in [1.54, 1.807) is 0 Å². The summed E-state index contributed by atoms with van der Waals surface area (Å²) in [6.07, 6.45) is 6.05. The van der Waals surface area contributed by atoms with Crippen molar-refractivity contribution >= 4 is 0 Å². The third-order valence-electron chi connectivity index (χ3n) is 14.3. The molecule has 7 rings (SSSR count). The van der Waals surface area contributed by atoms with Gasteiger partial charge in [0.25, 0.3) is 0 Å². The van der Waals surface area contributed by atoms with Crippen molar-refractivity contribution in [3.05, 3.63) is 0 Å². The lowest BCUT2D eigenvalue weighted by Crippen LogP contribution is -2.60. The minimum Gasteiger partial charge on any atom is -0.394 e. The zero-order valence-corrected chi connectivity index (χ0v) is 25.6. The molecule has 0 amide bonds. The van der Waals surface area contributed by atoms with Crippen molar-refractivity contribution < 1.29 is 34.6 Å². The number of ether oxygens (including phenoxy) is 3. The van der Waals surface area contributed by atoms with E-state index in [0.29, 0.717) is 34.7 Å². The maximum absolute atomic E-state index is 10.5. The van der Waals surface area contributed by atoms with Gasteiger partial charge in [0.05, 0.1) is 18.8 Å². The molecule has 0 aromatic heterocycles. The Kier molecular flexibility index (Phi) is 7.43. The lowest BCUT2D eigenvalue weighted by Gasteiger charge is -2.61. The summed E-state index contributed by atoms with van der Waals surface area (Å²) in [6, 6.07) is 0. The van der Waals surface area contributed by atoms with Gasteiger partial charge in [-0.15, -0.1) is 0 Å². The molecule has 4 aliphatic carbocycles. The van der Waals surface area contributed by atoms with Crippen LogP contribution in [0.5, 0.6) is 0 Å². The van der Waals surface area contributed by atoms with E-state index >= 15 is 0 Å². The van der Waals surface area contributed by atoms with Gasteiger partial charge in [-0.1, -0.05) is 27.7 Å². The number of nitrogens with one attached hydrogen (secondary N) is 1. The van der Waals surface area contributed by atoms with E-state index in [9.17, 15) is 20.4 Å². The second-order valence-corrected chi connectivity index (χ2v) is 16.1. The summed E-state index contributed by atoms with van der Waals surface area (Å²) in [5.41, 5.74) is 0.563. The Hall–Kier alpha value is -0.320. The highest BCUT2D eigenvalue weighted by Gasteiger charge is 2.68. The molecule has 3 heterocycles. The summed E-state index contributed by atoms with van der Waals surface area (Å²) >= 11 is 0.